The lowest BCUT2D eigenvalue weighted by Gasteiger charge is -2.04. The second-order valence-electron chi connectivity index (χ2n) is 3.31. The van der Waals surface area contributed by atoms with Crippen LogP contribution in [0.4, 0.5) is 0 Å². The fourth-order valence-electron chi connectivity index (χ4n) is 1.65. The minimum absolute atomic E-state index is 0.326. The number of hydrazine groups is 1. The summed E-state index contributed by atoms with van der Waals surface area (Å²) in [5.74, 6) is 0. The van der Waals surface area contributed by atoms with Gasteiger partial charge in [0.25, 0.3) is 0 Å². The first-order valence-corrected chi connectivity index (χ1v) is 5.41. The molecule has 1 aliphatic heterocycles. The molecule has 2 nitrogen and oxygen atoms in total. The van der Waals surface area contributed by atoms with Crippen LogP contribution in [0.15, 0.2) is 42.6 Å². The molecule has 0 saturated carbocycles. The number of fused-ring (bicyclic) bond motifs is 1. The van der Waals surface area contributed by atoms with Gasteiger partial charge < -0.3 is 5.43 Å². The molecule has 0 amide bonds. The zero-order valence-corrected chi connectivity index (χ0v) is 8.34. The van der Waals surface area contributed by atoms with Crippen molar-refractivity contribution in [3.05, 3.63) is 47.5 Å². The topological polar surface area (TPSA) is 24.1 Å². The van der Waals surface area contributed by atoms with Gasteiger partial charge in [-0.3, -0.25) is 0 Å². The number of hydrogen-bond donors (Lipinski definition) is 2. The Morgan fingerprint density at radius 1 is 1.21 bits per heavy atom. The van der Waals surface area contributed by atoms with E-state index in [9.17, 15) is 0 Å². The highest BCUT2D eigenvalue weighted by atomic mass is 32.1. The van der Waals surface area contributed by atoms with Crippen LogP contribution in [0.3, 0.4) is 0 Å². The highest BCUT2D eigenvalue weighted by Gasteiger charge is 2.13. The Kier molecular flexibility index (Phi) is 1.79. The van der Waals surface area contributed by atoms with Gasteiger partial charge in [-0.1, -0.05) is 18.2 Å². The maximum absolute atomic E-state index is 3.18. The lowest BCUT2D eigenvalue weighted by atomic mass is 10.2. The molecule has 1 atom stereocenters. The highest BCUT2D eigenvalue weighted by molar-refractivity contribution is 7.19. The van der Waals surface area contributed by atoms with Gasteiger partial charge in [0.15, 0.2) is 0 Å². The van der Waals surface area contributed by atoms with E-state index in [2.05, 4.69) is 47.3 Å². The molecule has 14 heavy (non-hydrogen) atoms. The Morgan fingerprint density at radius 3 is 2.93 bits per heavy atom. The van der Waals surface area contributed by atoms with Crippen LogP contribution in [0.1, 0.15) is 10.9 Å². The van der Waals surface area contributed by atoms with Crippen LogP contribution in [0.25, 0.3) is 10.1 Å². The van der Waals surface area contributed by atoms with Crippen LogP contribution in [-0.2, 0) is 0 Å². The van der Waals surface area contributed by atoms with Crippen LogP contribution in [0.2, 0.25) is 0 Å². The third-order valence-electron chi connectivity index (χ3n) is 2.36. The van der Waals surface area contributed by atoms with Crippen molar-refractivity contribution in [2.24, 2.45) is 0 Å². The monoisotopic (exact) mass is 202 g/mol. The summed E-state index contributed by atoms with van der Waals surface area (Å²) < 4.78 is 1.35. The molecule has 0 aliphatic carbocycles. The largest absolute Gasteiger partial charge is 0.328 e. The smallest absolute Gasteiger partial charge is 0.0800 e. The van der Waals surface area contributed by atoms with E-state index in [1.807, 2.05) is 17.5 Å². The van der Waals surface area contributed by atoms with E-state index in [0.29, 0.717) is 6.04 Å². The molecular weight excluding hydrogens is 192 g/mol. The number of hydrogen-bond acceptors (Lipinski definition) is 3. The average molecular weight is 202 g/mol. The van der Waals surface area contributed by atoms with Crippen molar-refractivity contribution in [3.63, 3.8) is 0 Å². The predicted octanol–water partition coefficient (Wildman–Crippen LogP) is 2.56. The maximum Gasteiger partial charge on any atom is 0.0800 e. The molecule has 2 aromatic rings. The quantitative estimate of drug-likeness (QED) is 0.742. The zero-order chi connectivity index (χ0) is 9.38. The van der Waals surface area contributed by atoms with Gasteiger partial charge in [0.2, 0.25) is 0 Å². The number of nitrogens with one attached hydrogen (secondary N) is 2. The molecule has 3 rings (SSSR count). The molecule has 3 heteroatoms. The Bertz CT molecular complexity index is 454. The fourth-order valence-corrected chi connectivity index (χ4v) is 2.75. The summed E-state index contributed by atoms with van der Waals surface area (Å²) in [7, 11) is 0. The van der Waals surface area contributed by atoms with Crippen molar-refractivity contribution in [3.8, 4) is 0 Å². The normalized spacial score (nSPS) is 20.1. The molecule has 1 aliphatic rings. The van der Waals surface area contributed by atoms with Crippen LogP contribution in [0, 0.1) is 0 Å². The predicted molar refractivity (Wildman–Crippen MR) is 60.0 cm³/mol. The van der Waals surface area contributed by atoms with Crippen molar-refractivity contribution in [2.45, 2.75) is 6.04 Å². The molecule has 1 unspecified atom stereocenters. The van der Waals surface area contributed by atoms with Crippen LogP contribution < -0.4 is 10.9 Å². The van der Waals surface area contributed by atoms with Gasteiger partial charge in [-0.25, -0.2) is 5.43 Å². The van der Waals surface area contributed by atoms with Crippen molar-refractivity contribution < 1.29 is 0 Å². The van der Waals surface area contributed by atoms with Gasteiger partial charge >= 0.3 is 0 Å². The van der Waals surface area contributed by atoms with Crippen LogP contribution in [-0.4, -0.2) is 0 Å². The van der Waals surface area contributed by atoms with Gasteiger partial charge in [0, 0.05) is 15.8 Å². The molecule has 0 bridgehead atoms. The van der Waals surface area contributed by atoms with Crippen LogP contribution >= 0.6 is 11.3 Å². The molecule has 0 spiro atoms. The minimum atomic E-state index is 0.326. The Balaban J connectivity index is 2.09. The molecule has 2 heterocycles. The van der Waals surface area contributed by atoms with E-state index < -0.39 is 0 Å². The molecule has 0 fully saturated rings. The Hall–Kier alpha value is -1.32. The standard InChI is InChI=1S/C11H10N2S/c1-2-4-10-8(3-1)7-11(14-10)9-5-6-12-13-9/h1-7,9,12-13H. The first-order chi connectivity index (χ1) is 6.93. The van der Waals surface area contributed by atoms with Crippen molar-refractivity contribution in [2.75, 3.05) is 0 Å². The highest BCUT2D eigenvalue weighted by Crippen LogP contribution is 2.30. The van der Waals surface area contributed by atoms with Crippen LogP contribution in [0.5, 0.6) is 0 Å². The fraction of sp³-hybridized carbons (Fsp3) is 0.0909. The third-order valence-corrected chi connectivity index (χ3v) is 3.56. The van der Waals surface area contributed by atoms with Crippen molar-refractivity contribution in [1.82, 2.24) is 10.9 Å². The molecular formula is C11H10N2S. The molecule has 0 saturated heterocycles. The Morgan fingerprint density at radius 2 is 2.14 bits per heavy atom. The van der Waals surface area contributed by atoms with Gasteiger partial charge in [0.05, 0.1) is 6.04 Å². The summed E-state index contributed by atoms with van der Waals surface area (Å²) in [6, 6.07) is 11.0. The third kappa shape index (κ3) is 1.22. The Labute approximate surface area is 86.2 Å². The number of rotatable bonds is 1. The second-order valence-corrected chi connectivity index (χ2v) is 4.43. The second kappa shape index (κ2) is 3.12. The van der Waals surface area contributed by atoms with Crippen molar-refractivity contribution in [1.29, 1.82) is 0 Å². The average Bonchev–Trinajstić information content (AvgIpc) is 2.86. The van der Waals surface area contributed by atoms with E-state index in [-0.39, 0.29) is 0 Å². The van der Waals surface area contributed by atoms with Gasteiger partial charge in [-0.15, -0.1) is 11.3 Å². The number of thiophene rings is 1. The van der Waals surface area contributed by atoms with Gasteiger partial charge in [-0.05, 0) is 23.6 Å². The molecule has 2 N–H and O–H groups in total. The van der Waals surface area contributed by atoms with E-state index >= 15 is 0 Å². The SMILES string of the molecule is C1=CC(c2cc3ccccc3s2)NN1. The first kappa shape index (κ1) is 8.03. The maximum atomic E-state index is 3.18. The summed E-state index contributed by atoms with van der Waals surface area (Å²) in [6.07, 6.45) is 4.07. The summed E-state index contributed by atoms with van der Waals surface area (Å²) in [5.41, 5.74) is 6.17. The van der Waals surface area contributed by atoms with E-state index in [4.69, 9.17) is 0 Å². The number of benzene rings is 1. The molecule has 1 aromatic carbocycles. The molecule has 1 aromatic heterocycles. The van der Waals surface area contributed by atoms with Crippen molar-refractivity contribution >= 4 is 21.4 Å². The van der Waals surface area contributed by atoms with Gasteiger partial charge in [-0.2, -0.15) is 0 Å². The summed E-state index contributed by atoms with van der Waals surface area (Å²) in [5, 5.41) is 1.33. The van der Waals surface area contributed by atoms with E-state index in [0.717, 1.165) is 0 Å². The van der Waals surface area contributed by atoms with E-state index in [1.54, 1.807) is 0 Å². The van der Waals surface area contributed by atoms with Gasteiger partial charge in [0.1, 0.15) is 0 Å². The lowest BCUT2D eigenvalue weighted by Crippen LogP contribution is -2.23. The molecule has 70 valence electrons. The summed E-state index contributed by atoms with van der Waals surface area (Å²) in [6.45, 7) is 0. The lowest BCUT2D eigenvalue weighted by molar-refractivity contribution is 0.617. The zero-order valence-electron chi connectivity index (χ0n) is 7.53. The summed E-state index contributed by atoms with van der Waals surface area (Å²) in [4.78, 5) is 1.35. The first-order valence-electron chi connectivity index (χ1n) is 4.60. The summed E-state index contributed by atoms with van der Waals surface area (Å²) >= 11 is 1.84. The molecule has 0 radical (unpaired) electrons. The van der Waals surface area contributed by atoms with E-state index in [1.165, 1.54) is 15.0 Å². The minimum Gasteiger partial charge on any atom is -0.328 e.